The number of amides is 1. The van der Waals surface area contributed by atoms with Crippen LogP contribution in [-0.4, -0.2) is 38.7 Å². The molecule has 0 aliphatic carbocycles. The van der Waals surface area contributed by atoms with Gasteiger partial charge in [0.25, 0.3) is 5.91 Å². The molecular weight excluding hydrogens is 350 g/mol. The Kier molecular flexibility index (Phi) is 4.19. The summed E-state index contributed by atoms with van der Waals surface area (Å²) < 4.78 is 26.1. The molecule has 0 unspecified atom stereocenters. The molecule has 0 fully saturated rings. The predicted molar refractivity (Wildman–Crippen MR) is 89.1 cm³/mol. The third kappa shape index (κ3) is 3.06. The summed E-state index contributed by atoms with van der Waals surface area (Å²) in [7, 11) is -1.40. The summed E-state index contributed by atoms with van der Waals surface area (Å²) in [5.74, 6) is -0.600. The van der Waals surface area contributed by atoms with E-state index >= 15 is 0 Å². The zero-order valence-corrected chi connectivity index (χ0v) is 14.0. The number of aryl methyl sites for hydroxylation is 1. The van der Waals surface area contributed by atoms with Crippen LogP contribution in [0.2, 0.25) is 0 Å². The molecule has 130 valence electrons. The molecule has 2 aromatic heterocycles. The van der Waals surface area contributed by atoms with Gasteiger partial charge in [-0.05, 0) is 24.6 Å². The number of nitrogens with zero attached hydrogens (tertiary/aromatic N) is 5. The van der Waals surface area contributed by atoms with Crippen LogP contribution in [-0.2, 0) is 17.9 Å². The number of carbonyl (C=O) groups excluding carboxylic acids is 1. The van der Waals surface area contributed by atoms with Crippen LogP contribution < -0.4 is 15.7 Å². The second kappa shape index (κ2) is 6.32. The van der Waals surface area contributed by atoms with Crippen LogP contribution >= 0.6 is 0 Å². The number of anilines is 2. The first-order valence-corrected chi connectivity index (χ1v) is 8.15. The first-order valence-electron chi connectivity index (χ1n) is 6.97. The lowest BCUT2D eigenvalue weighted by Crippen LogP contribution is -2.27. The number of carbonyl (C=O) groups is 1. The fourth-order valence-corrected chi connectivity index (χ4v) is 2.65. The van der Waals surface area contributed by atoms with Crippen molar-refractivity contribution in [3.8, 4) is 0 Å². The average Bonchev–Trinajstić information content (AvgIpc) is 2.99. The van der Waals surface area contributed by atoms with Gasteiger partial charge >= 0.3 is 5.69 Å². The number of imidazole rings is 1. The lowest BCUT2D eigenvalue weighted by Gasteiger charge is -2.11. The highest BCUT2D eigenvalue weighted by molar-refractivity contribution is 7.73. The summed E-state index contributed by atoms with van der Waals surface area (Å²) in [6.07, 6.45) is 1.19. The predicted octanol–water partition coefficient (Wildman–Crippen LogP) is -0.678. The Hall–Kier alpha value is -3.28. The Morgan fingerprint density at radius 1 is 1.24 bits per heavy atom. The second-order valence-electron chi connectivity index (χ2n) is 5.08. The van der Waals surface area contributed by atoms with Crippen molar-refractivity contribution in [2.45, 2.75) is 6.92 Å². The van der Waals surface area contributed by atoms with Gasteiger partial charge in [0, 0.05) is 12.7 Å². The molecule has 0 saturated carbocycles. The second-order valence-corrected chi connectivity index (χ2v) is 5.82. The van der Waals surface area contributed by atoms with Crippen LogP contribution in [0, 0.1) is 6.92 Å². The van der Waals surface area contributed by atoms with Crippen LogP contribution in [0.25, 0.3) is 5.65 Å². The number of hydrogen-bond donors (Lipinski definition) is 3. The van der Waals surface area contributed by atoms with Gasteiger partial charge in [0.2, 0.25) is 10.9 Å². The quantitative estimate of drug-likeness (QED) is 0.522. The minimum Gasteiger partial charge on any atom is -0.320 e. The van der Waals surface area contributed by atoms with Gasteiger partial charge in [-0.3, -0.25) is 9.52 Å². The highest BCUT2D eigenvalue weighted by Gasteiger charge is 2.18. The summed E-state index contributed by atoms with van der Waals surface area (Å²) in [5.41, 5.74) is 0.730. The molecule has 3 rings (SSSR count). The molecule has 3 aromatic rings. The molecule has 2 N–H and O–H groups in total. The number of hydrogen-bond acceptors (Lipinski definition) is 7. The van der Waals surface area contributed by atoms with Crippen molar-refractivity contribution < 1.29 is 13.2 Å². The minimum atomic E-state index is -2.83. The molecule has 0 aliphatic heterocycles. The normalized spacial score (nSPS) is 11.0. The van der Waals surface area contributed by atoms with Gasteiger partial charge in [0.1, 0.15) is 6.33 Å². The van der Waals surface area contributed by atoms with Crippen molar-refractivity contribution in [3.05, 3.63) is 46.3 Å². The summed E-state index contributed by atoms with van der Waals surface area (Å²) in [5, 5.41) is 10.1. The lowest BCUT2D eigenvalue weighted by atomic mass is 10.1. The van der Waals surface area contributed by atoms with Crippen molar-refractivity contribution in [3.63, 3.8) is 0 Å². The minimum absolute atomic E-state index is 0.0233. The number of nitrogens with one attached hydrogen (secondary N) is 2. The topological polar surface area (TPSA) is 140 Å². The first kappa shape index (κ1) is 16.6. The number of rotatable bonds is 4. The fraction of sp³-hybridized carbons (Fsp3) is 0.154. The molecule has 0 spiro atoms. The molecule has 11 nitrogen and oxygen atoms in total. The SMILES string of the molecule is Cc1c(NC(=O)c2ncn3c(=O)n(C)nnc23)cccc1N[SH](=O)=O. The molecule has 0 aliphatic rings. The van der Waals surface area contributed by atoms with Gasteiger partial charge in [-0.25, -0.2) is 22.6 Å². The molecule has 0 radical (unpaired) electrons. The van der Waals surface area contributed by atoms with E-state index in [1.54, 1.807) is 25.1 Å². The van der Waals surface area contributed by atoms with E-state index in [4.69, 9.17) is 0 Å². The molecule has 1 aromatic carbocycles. The number of benzene rings is 1. The Bertz CT molecular complexity index is 1110. The fourth-order valence-electron chi connectivity index (χ4n) is 2.21. The van der Waals surface area contributed by atoms with Crippen molar-refractivity contribution in [1.29, 1.82) is 0 Å². The van der Waals surface area contributed by atoms with Gasteiger partial charge in [0.05, 0.1) is 5.69 Å². The summed E-state index contributed by atoms with van der Waals surface area (Å²) in [4.78, 5) is 28.3. The van der Waals surface area contributed by atoms with Gasteiger partial charge in [-0.2, -0.15) is 4.68 Å². The van der Waals surface area contributed by atoms with E-state index in [1.807, 2.05) is 0 Å². The largest absolute Gasteiger partial charge is 0.352 e. The molecule has 1 amide bonds. The van der Waals surface area contributed by atoms with Crippen LogP contribution in [0.5, 0.6) is 0 Å². The van der Waals surface area contributed by atoms with E-state index in [0.29, 0.717) is 16.9 Å². The van der Waals surface area contributed by atoms with Gasteiger partial charge in [0.15, 0.2) is 11.3 Å². The van der Waals surface area contributed by atoms with Crippen LogP contribution in [0.1, 0.15) is 16.1 Å². The third-order valence-electron chi connectivity index (χ3n) is 3.51. The maximum absolute atomic E-state index is 12.5. The number of thiol groups is 1. The number of fused-ring (bicyclic) bond motifs is 1. The van der Waals surface area contributed by atoms with Crippen LogP contribution in [0.15, 0.2) is 29.3 Å². The first-order chi connectivity index (χ1) is 11.9. The maximum atomic E-state index is 12.5. The molecule has 12 heteroatoms. The Balaban J connectivity index is 1.96. The van der Waals surface area contributed by atoms with Crippen LogP contribution in [0.4, 0.5) is 11.4 Å². The number of aromatic nitrogens is 5. The highest BCUT2D eigenvalue weighted by Crippen LogP contribution is 2.23. The van der Waals surface area contributed by atoms with Gasteiger partial charge < -0.3 is 5.32 Å². The average molecular weight is 363 g/mol. The smallest absolute Gasteiger partial charge is 0.320 e. The van der Waals surface area contributed by atoms with E-state index in [0.717, 1.165) is 9.08 Å². The van der Waals surface area contributed by atoms with Crippen molar-refractivity contribution in [2.24, 2.45) is 7.05 Å². The van der Waals surface area contributed by atoms with Gasteiger partial charge in [-0.1, -0.05) is 11.3 Å². The summed E-state index contributed by atoms with van der Waals surface area (Å²) in [6, 6.07) is 4.77. The molecule has 0 bridgehead atoms. The van der Waals surface area contributed by atoms with Crippen LogP contribution in [0.3, 0.4) is 0 Å². The van der Waals surface area contributed by atoms with E-state index in [-0.39, 0.29) is 11.3 Å². The Morgan fingerprint density at radius 3 is 2.68 bits per heavy atom. The molecule has 2 heterocycles. The maximum Gasteiger partial charge on any atom is 0.352 e. The zero-order valence-electron chi connectivity index (χ0n) is 13.1. The Morgan fingerprint density at radius 2 is 1.96 bits per heavy atom. The lowest BCUT2D eigenvalue weighted by molar-refractivity contribution is 0.102. The van der Waals surface area contributed by atoms with Crippen molar-refractivity contribution in [2.75, 3.05) is 10.0 Å². The van der Waals surface area contributed by atoms with Crippen molar-refractivity contribution in [1.82, 2.24) is 24.4 Å². The molecule has 0 saturated heterocycles. The monoisotopic (exact) mass is 363 g/mol. The molecular formula is C13H13N7O4S. The van der Waals surface area contributed by atoms with E-state index in [2.05, 4.69) is 25.3 Å². The molecule has 25 heavy (non-hydrogen) atoms. The third-order valence-corrected chi connectivity index (χ3v) is 3.93. The molecule has 0 atom stereocenters. The summed E-state index contributed by atoms with van der Waals surface area (Å²) >= 11 is 0. The van der Waals surface area contributed by atoms with Gasteiger partial charge in [-0.15, -0.1) is 5.10 Å². The van der Waals surface area contributed by atoms with E-state index in [1.165, 1.54) is 13.4 Å². The Labute approximate surface area is 142 Å². The zero-order chi connectivity index (χ0) is 18.1. The van der Waals surface area contributed by atoms with E-state index < -0.39 is 22.5 Å². The standard InChI is InChI=1S/C13H13N7O4S/c1-7-8(4-3-5-9(7)17-25(23)24)15-12(21)10-11-16-18-19(2)13(22)20(11)6-14-10/h3-6,25H,1-2H3,(H,15,21)(H,17,23,24). The van der Waals surface area contributed by atoms with Crippen molar-refractivity contribution >= 4 is 33.8 Å². The highest BCUT2D eigenvalue weighted by atomic mass is 32.2. The van der Waals surface area contributed by atoms with E-state index in [9.17, 15) is 18.0 Å². The summed E-state index contributed by atoms with van der Waals surface area (Å²) in [6.45, 7) is 1.65.